The zero-order chi connectivity index (χ0) is 19.4. The number of benzene rings is 2. The Morgan fingerprint density at radius 2 is 1.78 bits per heavy atom. The van der Waals surface area contributed by atoms with Crippen LogP contribution in [0.15, 0.2) is 54.9 Å². The predicted molar refractivity (Wildman–Crippen MR) is 97.4 cm³/mol. The minimum Gasteiger partial charge on any atom is -0.491 e. The number of aliphatic hydroxyl groups excluding tert-OH is 1. The molecule has 140 valence electrons. The lowest BCUT2D eigenvalue weighted by Gasteiger charge is -2.14. The fourth-order valence-corrected chi connectivity index (χ4v) is 2.69. The number of hydrogen-bond acceptors (Lipinski definition) is 4. The first kappa shape index (κ1) is 19.1. The number of rotatable bonds is 6. The summed E-state index contributed by atoms with van der Waals surface area (Å²) in [5.74, 6) is -0.817. The van der Waals surface area contributed by atoms with Crippen LogP contribution in [0.5, 0.6) is 17.2 Å². The number of aromatic nitrogens is 1. The summed E-state index contributed by atoms with van der Waals surface area (Å²) in [6, 6.07) is 10.9. The van der Waals surface area contributed by atoms with Crippen LogP contribution in [0.25, 0.3) is 0 Å². The molecule has 1 aromatic heterocycles. The molecule has 3 rings (SSSR count). The van der Waals surface area contributed by atoms with Crippen molar-refractivity contribution in [2.45, 2.75) is 13.0 Å². The van der Waals surface area contributed by atoms with Crippen LogP contribution in [0.4, 0.5) is 8.78 Å². The van der Waals surface area contributed by atoms with Crippen LogP contribution in [0.3, 0.4) is 0 Å². The summed E-state index contributed by atoms with van der Waals surface area (Å²) >= 11 is 5.88. The summed E-state index contributed by atoms with van der Waals surface area (Å²) in [4.78, 5) is 3.70. The van der Waals surface area contributed by atoms with Gasteiger partial charge in [-0.1, -0.05) is 29.8 Å². The average molecular weight is 392 g/mol. The van der Waals surface area contributed by atoms with E-state index in [0.29, 0.717) is 17.9 Å². The van der Waals surface area contributed by atoms with Crippen LogP contribution < -0.4 is 9.47 Å². The predicted octanol–water partition coefficient (Wildman–Crippen LogP) is 5.29. The molecular weight excluding hydrogens is 376 g/mol. The van der Waals surface area contributed by atoms with Gasteiger partial charge in [0.15, 0.2) is 17.3 Å². The molecule has 1 atom stereocenters. The molecule has 27 heavy (non-hydrogen) atoms. The standard InChI is InChI=1S/C20H16ClF2NO3/c1-2-26-16-4-3-5-17(19(16)23)27-13-8-6-12(7-9-13)20(25)14-10-24-11-15(22)18(14)21/h3-11,20,25H,2H2,1H3. The van der Waals surface area contributed by atoms with Crippen molar-refractivity contribution in [3.8, 4) is 17.2 Å². The average Bonchev–Trinajstić information content (AvgIpc) is 2.67. The lowest BCUT2D eigenvalue weighted by Crippen LogP contribution is -2.02. The third kappa shape index (κ3) is 4.18. The molecule has 0 bridgehead atoms. The van der Waals surface area contributed by atoms with E-state index in [1.807, 2.05) is 0 Å². The Kier molecular flexibility index (Phi) is 5.88. The van der Waals surface area contributed by atoms with Crippen molar-refractivity contribution >= 4 is 11.6 Å². The molecule has 0 aliphatic carbocycles. The van der Waals surface area contributed by atoms with Gasteiger partial charge in [0.2, 0.25) is 5.82 Å². The SMILES string of the molecule is CCOc1cccc(Oc2ccc(C(O)c3cncc(F)c3Cl)cc2)c1F. The number of ether oxygens (including phenoxy) is 2. The Morgan fingerprint density at radius 1 is 1.07 bits per heavy atom. The minimum absolute atomic E-state index is 0.0200. The fraction of sp³-hybridized carbons (Fsp3) is 0.150. The van der Waals surface area contributed by atoms with E-state index in [4.69, 9.17) is 21.1 Å². The summed E-state index contributed by atoms with van der Waals surface area (Å²) in [6.45, 7) is 2.10. The molecule has 1 unspecified atom stereocenters. The van der Waals surface area contributed by atoms with Crippen LogP contribution in [0.2, 0.25) is 5.02 Å². The van der Waals surface area contributed by atoms with Gasteiger partial charge >= 0.3 is 0 Å². The molecule has 0 aliphatic rings. The second-order valence-corrected chi connectivity index (χ2v) is 5.98. The van der Waals surface area contributed by atoms with E-state index in [1.165, 1.54) is 18.3 Å². The van der Waals surface area contributed by atoms with Gasteiger partial charge in [0.25, 0.3) is 0 Å². The van der Waals surface area contributed by atoms with Crippen molar-refractivity contribution in [1.29, 1.82) is 0 Å². The van der Waals surface area contributed by atoms with Gasteiger partial charge in [-0.25, -0.2) is 4.39 Å². The monoisotopic (exact) mass is 391 g/mol. The van der Waals surface area contributed by atoms with E-state index in [-0.39, 0.29) is 22.1 Å². The second kappa shape index (κ2) is 8.33. The molecule has 0 saturated carbocycles. The molecule has 0 radical (unpaired) electrons. The quantitative estimate of drug-likeness (QED) is 0.620. The summed E-state index contributed by atoms with van der Waals surface area (Å²) in [5, 5.41) is 10.2. The Balaban J connectivity index is 1.80. The van der Waals surface area contributed by atoms with Gasteiger partial charge < -0.3 is 14.6 Å². The molecule has 0 spiro atoms. The molecule has 2 aromatic carbocycles. The highest BCUT2D eigenvalue weighted by Crippen LogP contribution is 2.33. The number of hydrogen-bond donors (Lipinski definition) is 1. The van der Waals surface area contributed by atoms with Gasteiger partial charge in [-0.2, -0.15) is 4.39 Å². The smallest absolute Gasteiger partial charge is 0.207 e. The lowest BCUT2D eigenvalue weighted by molar-refractivity contribution is 0.219. The molecule has 0 aliphatic heterocycles. The highest BCUT2D eigenvalue weighted by Gasteiger charge is 2.17. The molecule has 1 heterocycles. The van der Waals surface area contributed by atoms with Crippen LogP contribution >= 0.6 is 11.6 Å². The lowest BCUT2D eigenvalue weighted by atomic mass is 10.0. The molecule has 1 N–H and O–H groups in total. The van der Waals surface area contributed by atoms with E-state index >= 15 is 0 Å². The Labute approximate surface area is 160 Å². The maximum atomic E-state index is 14.3. The first-order valence-corrected chi connectivity index (χ1v) is 8.55. The number of pyridine rings is 1. The van der Waals surface area contributed by atoms with Crippen molar-refractivity contribution in [3.05, 3.63) is 82.6 Å². The first-order valence-electron chi connectivity index (χ1n) is 8.17. The summed E-state index contributed by atoms with van der Waals surface area (Å²) < 4.78 is 38.6. The van der Waals surface area contributed by atoms with Gasteiger partial charge in [-0.05, 0) is 36.8 Å². The van der Waals surface area contributed by atoms with Crippen LogP contribution in [-0.2, 0) is 0 Å². The van der Waals surface area contributed by atoms with Gasteiger partial charge in [0.05, 0.1) is 17.8 Å². The van der Waals surface area contributed by atoms with Crippen molar-refractivity contribution < 1.29 is 23.4 Å². The van der Waals surface area contributed by atoms with Gasteiger partial charge in [-0.15, -0.1) is 0 Å². The fourth-order valence-electron chi connectivity index (χ4n) is 2.49. The number of aliphatic hydroxyl groups is 1. The molecule has 0 fully saturated rings. The second-order valence-electron chi connectivity index (χ2n) is 5.60. The van der Waals surface area contributed by atoms with E-state index in [2.05, 4.69) is 4.98 Å². The molecule has 3 aromatic rings. The van der Waals surface area contributed by atoms with Crippen LogP contribution in [0.1, 0.15) is 24.2 Å². The normalized spacial score (nSPS) is 11.9. The third-order valence-electron chi connectivity index (χ3n) is 3.81. The highest BCUT2D eigenvalue weighted by atomic mass is 35.5. The summed E-state index contributed by atoms with van der Waals surface area (Å²) in [7, 11) is 0. The molecular formula is C20H16ClF2NO3. The van der Waals surface area contributed by atoms with E-state index < -0.39 is 17.7 Å². The Morgan fingerprint density at radius 3 is 2.48 bits per heavy atom. The molecule has 0 amide bonds. The van der Waals surface area contributed by atoms with Gasteiger partial charge in [0.1, 0.15) is 11.9 Å². The van der Waals surface area contributed by atoms with E-state index in [1.54, 1.807) is 37.3 Å². The largest absolute Gasteiger partial charge is 0.491 e. The Bertz CT molecular complexity index is 935. The van der Waals surface area contributed by atoms with Crippen molar-refractivity contribution in [2.24, 2.45) is 0 Å². The van der Waals surface area contributed by atoms with Gasteiger partial charge in [0, 0.05) is 11.8 Å². The van der Waals surface area contributed by atoms with Crippen molar-refractivity contribution in [1.82, 2.24) is 4.98 Å². The molecule has 0 saturated heterocycles. The highest BCUT2D eigenvalue weighted by molar-refractivity contribution is 6.31. The van der Waals surface area contributed by atoms with Crippen LogP contribution in [-0.4, -0.2) is 16.7 Å². The third-order valence-corrected chi connectivity index (χ3v) is 4.21. The molecule has 4 nitrogen and oxygen atoms in total. The zero-order valence-electron chi connectivity index (χ0n) is 14.3. The maximum absolute atomic E-state index is 14.3. The minimum atomic E-state index is -1.16. The van der Waals surface area contributed by atoms with Crippen molar-refractivity contribution in [3.63, 3.8) is 0 Å². The van der Waals surface area contributed by atoms with E-state index in [0.717, 1.165) is 6.20 Å². The number of nitrogens with zero attached hydrogens (tertiary/aromatic N) is 1. The molecule has 7 heteroatoms. The topological polar surface area (TPSA) is 51.6 Å². The first-order chi connectivity index (χ1) is 13.0. The van der Waals surface area contributed by atoms with E-state index in [9.17, 15) is 13.9 Å². The Hall–Kier alpha value is -2.70. The zero-order valence-corrected chi connectivity index (χ0v) is 15.1. The van der Waals surface area contributed by atoms with Gasteiger partial charge in [-0.3, -0.25) is 4.98 Å². The number of halogens is 3. The summed E-state index contributed by atoms with van der Waals surface area (Å²) in [6.07, 6.45) is 1.11. The maximum Gasteiger partial charge on any atom is 0.207 e. The van der Waals surface area contributed by atoms with Crippen molar-refractivity contribution in [2.75, 3.05) is 6.61 Å². The van der Waals surface area contributed by atoms with Crippen LogP contribution in [0, 0.1) is 11.6 Å². The summed E-state index contributed by atoms with van der Waals surface area (Å²) in [5.41, 5.74) is 0.612.